The fraction of sp³-hybridized carbons (Fsp3) is 0.444. The van der Waals surface area contributed by atoms with E-state index >= 15 is 0 Å². The molecule has 4 heterocycles. The van der Waals surface area contributed by atoms with Crippen LogP contribution < -0.4 is 9.64 Å². The lowest BCUT2D eigenvalue weighted by Crippen LogP contribution is -2.56. The van der Waals surface area contributed by atoms with E-state index in [0.29, 0.717) is 55.2 Å². The number of halogens is 1. The molecule has 2 fully saturated rings. The molecule has 2 saturated heterocycles. The minimum atomic E-state index is -0.282. The first kappa shape index (κ1) is 25.9. The van der Waals surface area contributed by atoms with Gasteiger partial charge in [0.15, 0.2) is 11.5 Å². The van der Waals surface area contributed by atoms with Crippen LogP contribution in [-0.4, -0.2) is 93.8 Å². The number of benzene rings is 1. The Labute approximate surface area is 227 Å². The number of hydrogen-bond acceptors (Lipinski definition) is 7. The molecule has 38 heavy (non-hydrogen) atoms. The Bertz CT molecular complexity index is 1370. The van der Waals surface area contributed by atoms with E-state index < -0.39 is 0 Å². The average Bonchev–Trinajstić information content (AvgIpc) is 3.53. The van der Waals surface area contributed by atoms with Crippen molar-refractivity contribution in [2.75, 3.05) is 51.3 Å². The summed E-state index contributed by atoms with van der Waals surface area (Å²) in [4.78, 5) is 31.5. The van der Waals surface area contributed by atoms with Gasteiger partial charge in [-0.25, -0.2) is 16.1 Å². The number of imidazole rings is 1. The molecular weight excluding hydrogens is 504 g/mol. The van der Waals surface area contributed by atoms with Crippen molar-refractivity contribution in [3.8, 4) is 6.01 Å². The van der Waals surface area contributed by atoms with E-state index in [9.17, 15) is 4.79 Å². The summed E-state index contributed by atoms with van der Waals surface area (Å²) in [6.45, 7) is 14.2. The number of likely N-dealkylation sites (tertiary alicyclic amines) is 1. The zero-order chi connectivity index (χ0) is 26.6. The molecule has 198 valence electrons. The van der Waals surface area contributed by atoms with Gasteiger partial charge in [0.2, 0.25) is 12.5 Å². The van der Waals surface area contributed by atoms with E-state index in [2.05, 4.69) is 33.3 Å². The number of likely N-dealkylation sites (N-methyl/N-ethyl adjacent to an activating group) is 1. The molecule has 0 saturated carbocycles. The van der Waals surface area contributed by atoms with Crippen molar-refractivity contribution in [1.82, 2.24) is 29.4 Å². The number of carbonyl (C=O) groups is 1. The summed E-state index contributed by atoms with van der Waals surface area (Å²) in [5.41, 5.74) is 2.43. The lowest BCUT2D eigenvalue weighted by molar-refractivity contribution is -0.128. The van der Waals surface area contributed by atoms with Crippen LogP contribution in [0.15, 0.2) is 43.1 Å². The normalized spacial score (nSPS) is 20.0. The summed E-state index contributed by atoms with van der Waals surface area (Å²) in [6, 6.07) is 8.03. The van der Waals surface area contributed by atoms with E-state index in [1.165, 1.54) is 6.08 Å². The van der Waals surface area contributed by atoms with Crippen LogP contribution >= 0.6 is 11.6 Å². The molecule has 5 rings (SSSR count). The third-order valence-electron chi connectivity index (χ3n) is 7.34. The maximum absolute atomic E-state index is 12.4. The molecule has 10 nitrogen and oxygen atoms in total. The van der Waals surface area contributed by atoms with Gasteiger partial charge in [-0.15, -0.1) is 5.10 Å². The second kappa shape index (κ2) is 11.4. The second-order valence-corrected chi connectivity index (χ2v) is 10.1. The monoisotopic (exact) mass is 534 g/mol. The average molecular weight is 535 g/mol. The van der Waals surface area contributed by atoms with Crippen molar-refractivity contribution in [3.05, 3.63) is 70.8 Å². The van der Waals surface area contributed by atoms with Gasteiger partial charge in [0.25, 0.3) is 0 Å². The smallest absolute Gasteiger partial charge is 0.336 e. The van der Waals surface area contributed by atoms with Gasteiger partial charge in [-0.2, -0.15) is 4.98 Å². The number of amides is 1. The van der Waals surface area contributed by atoms with Crippen molar-refractivity contribution < 1.29 is 9.53 Å². The molecule has 3 aromatic rings. The minimum absolute atomic E-state index is 0.168. The summed E-state index contributed by atoms with van der Waals surface area (Å²) >= 11 is 6.45. The molecule has 0 radical (unpaired) electrons. The van der Waals surface area contributed by atoms with Gasteiger partial charge in [-0.05, 0) is 44.1 Å². The third-order valence-corrected chi connectivity index (χ3v) is 7.71. The fourth-order valence-corrected chi connectivity index (χ4v) is 5.40. The SMILES string of the molecule is [C-]#[N+]C[C@H]1CN(c2nc(OC[C@@H]3CCCN3C)nn3c(Cc4ccccc4Cl)cnc23)CCN1C(=O)C=C. The number of rotatable bonds is 8. The molecule has 0 unspecified atom stereocenters. The zero-order valence-corrected chi connectivity index (χ0v) is 22.2. The number of ether oxygens (including phenoxy) is 1. The first-order chi connectivity index (χ1) is 18.5. The topological polar surface area (TPSA) is 83.5 Å². The molecule has 2 aliphatic heterocycles. The number of nitrogens with zero attached hydrogens (tertiary/aromatic N) is 8. The first-order valence-corrected chi connectivity index (χ1v) is 13.2. The van der Waals surface area contributed by atoms with E-state index in [4.69, 9.17) is 33.0 Å². The van der Waals surface area contributed by atoms with Gasteiger partial charge in [-0.3, -0.25) is 4.79 Å². The number of aromatic nitrogens is 4. The molecule has 1 amide bonds. The Kier molecular flexibility index (Phi) is 7.77. The highest BCUT2D eigenvalue weighted by atomic mass is 35.5. The Hall–Kier alpha value is -3.68. The molecule has 0 spiro atoms. The summed E-state index contributed by atoms with van der Waals surface area (Å²) < 4.78 is 7.94. The molecule has 0 bridgehead atoms. The van der Waals surface area contributed by atoms with Crippen LogP contribution in [0.5, 0.6) is 6.01 Å². The largest absolute Gasteiger partial charge is 0.461 e. The van der Waals surface area contributed by atoms with Crippen molar-refractivity contribution in [1.29, 1.82) is 0 Å². The zero-order valence-electron chi connectivity index (χ0n) is 21.5. The Morgan fingerprint density at radius 2 is 2.13 bits per heavy atom. The Balaban J connectivity index is 1.50. The van der Waals surface area contributed by atoms with Crippen LogP contribution in [0.1, 0.15) is 24.1 Å². The Morgan fingerprint density at radius 3 is 2.87 bits per heavy atom. The van der Waals surface area contributed by atoms with Gasteiger partial charge in [0.1, 0.15) is 12.6 Å². The molecule has 1 aromatic carbocycles. The second-order valence-electron chi connectivity index (χ2n) is 9.74. The minimum Gasteiger partial charge on any atom is -0.461 e. The summed E-state index contributed by atoms with van der Waals surface area (Å²) in [7, 11) is 2.11. The van der Waals surface area contributed by atoms with Crippen molar-refractivity contribution in [2.45, 2.75) is 31.3 Å². The van der Waals surface area contributed by atoms with E-state index in [1.807, 2.05) is 24.3 Å². The quantitative estimate of drug-likeness (QED) is 0.324. The summed E-state index contributed by atoms with van der Waals surface area (Å²) in [6.07, 6.45) is 5.86. The number of fused-ring (bicyclic) bond motifs is 1. The molecule has 0 aliphatic carbocycles. The number of piperazine rings is 1. The van der Waals surface area contributed by atoms with Crippen LogP contribution in [0.4, 0.5) is 5.82 Å². The third kappa shape index (κ3) is 5.30. The fourth-order valence-electron chi connectivity index (χ4n) is 5.20. The van der Waals surface area contributed by atoms with Crippen LogP contribution in [0, 0.1) is 6.57 Å². The van der Waals surface area contributed by atoms with Gasteiger partial charge in [-0.1, -0.05) is 36.4 Å². The lowest BCUT2D eigenvalue weighted by Gasteiger charge is -2.39. The molecule has 2 aliphatic rings. The van der Waals surface area contributed by atoms with Crippen LogP contribution in [0.3, 0.4) is 0 Å². The predicted octanol–water partition coefficient (Wildman–Crippen LogP) is 2.96. The van der Waals surface area contributed by atoms with Crippen LogP contribution in [-0.2, 0) is 11.2 Å². The van der Waals surface area contributed by atoms with Gasteiger partial charge >= 0.3 is 6.01 Å². The van der Waals surface area contributed by atoms with Crippen molar-refractivity contribution >= 4 is 29.0 Å². The van der Waals surface area contributed by atoms with Gasteiger partial charge < -0.3 is 24.3 Å². The summed E-state index contributed by atoms with van der Waals surface area (Å²) in [5.74, 6) is 0.458. The standard InChI is InChI=1S/C27H31ClN8O2/c1-4-24(37)35-13-12-34(17-22(35)15-29-2)26-25-30-16-21(14-19-8-5-6-10-23(19)28)36(25)32-27(31-26)38-18-20-9-7-11-33(20)3/h4-6,8,10,16,20,22H,1,7,9,11-15,17-18H2,3H3/t20-,22-/m0/s1. The number of hydrogen-bond donors (Lipinski definition) is 0. The van der Waals surface area contributed by atoms with Crippen molar-refractivity contribution in [3.63, 3.8) is 0 Å². The van der Waals surface area contributed by atoms with Gasteiger partial charge in [0, 0.05) is 37.1 Å². The predicted molar refractivity (Wildman–Crippen MR) is 146 cm³/mol. The van der Waals surface area contributed by atoms with E-state index in [0.717, 1.165) is 30.6 Å². The van der Waals surface area contributed by atoms with E-state index in [-0.39, 0.29) is 24.5 Å². The highest BCUT2D eigenvalue weighted by Crippen LogP contribution is 2.27. The van der Waals surface area contributed by atoms with Crippen LogP contribution in [0.25, 0.3) is 10.5 Å². The number of anilines is 1. The molecule has 11 heteroatoms. The van der Waals surface area contributed by atoms with E-state index in [1.54, 1.807) is 15.6 Å². The first-order valence-electron chi connectivity index (χ1n) is 12.8. The van der Waals surface area contributed by atoms with Crippen molar-refractivity contribution in [2.24, 2.45) is 0 Å². The maximum Gasteiger partial charge on any atom is 0.336 e. The lowest BCUT2D eigenvalue weighted by atomic mass is 10.1. The van der Waals surface area contributed by atoms with Crippen LogP contribution in [0.2, 0.25) is 5.02 Å². The number of carbonyl (C=O) groups excluding carboxylic acids is 1. The molecular formula is C27H31ClN8O2. The molecule has 2 aromatic heterocycles. The molecule has 2 atom stereocenters. The summed E-state index contributed by atoms with van der Waals surface area (Å²) in [5, 5.41) is 5.40. The maximum atomic E-state index is 12.4. The van der Waals surface area contributed by atoms with Gasteiger partial charge in [0.05, 0.1) is 11.9 Å². The molecule has 0 N–H and O–H groups in total. The Morgan fingerprint density at radius 1 is 1.29 bits per heavy atom. The highest BCUT2D eigenvalue weighted by Gasteiger charge is 2.34. The highest BCUT2D eigenvalue weighted by molar-refractivity contribution is 6.31.